The monoisotopic (exact) mass is 253 g/mol. The SMILES string of the molecule is N#Cc1cnc(NC(=O)CCC(=O)O)c(Cl)c1. The molecule has 0 aliphatic heterocycles. The van der Waals surface area contributed by atoms with Gasteiger partial charge in [-0.3, -0.25) is 9.59 Å². The number of hydrogen-bond acceptors (Lipinski definition) is 4. The zero-order valence-corrected chi connectivity index (χ0v) is 9.36. The molecule has 0 atom stereocenters. The normalized spacial score (nSPS) is 9.41. The van der Waals surface area contributed by atoms with Crippen LogP contribution in [-0.2, 0) is 9.59 Å². The highest BCUT2D eigenvalue weighted by molar-refractivity contribution is 6.33. The number of aliphatic carboxylic acids is 1. The lowest BCUT2D eigenvalue weighted by molar-refractivity contribution is -0.138. The second-order valence-electron chi connectivity index (χ2n) is 3.11. The molecule has 0 fully saturated rings. The van der Waals surface area contributed by atoms with Gasteiger partial charge in [0.2, 0.25) is 5.91 Å². The summed E-state index contributed by atoms with van der Waals surface area (Å²) in [6.45, 7) is 0. The van der Waals surface area contributed by atoms with Crippen molar-refractivity contribution in [1.29, 1.82) is 5.26 Å². The van der Waals surface area contributed by atoms with Gasteiger partial charge in [-0.05, 0) is 6.07 Å². The lowest BCUT2D eigenvalue weighted by Crippen LogP contribution is -2.14. The van der Waals surface area contributed by atoms with Crippen molar-refractivity contribution >= 4 is 29.3 Å². The summed E-state index contributed by atoms with van der Waals surface area (Å²) in [5, 5.41) is 19.5. The number of halogens is 1. The number of nitrogens with one attached hydrogen (secondary N) is 1. The van der Waals surface area contributed by atoms with E-state index in [4.69, 9.17) is 22.0 Å². The van der Waals surface area contributed by atoms with Crippen molar-refractivity contribution in [2.75, 3.05) is 5.32 Å². The lowest BCUT2D eigenvalue weighted by Gasteiger charge is -2.05. The van der Waals surface area contributed by atoms with Crippen molar-refractivity contribution in [2.45, 2.75) is 12.8 Å². The maximum absolute atomic E-state index is 11.3. The number of nitrogens with zero attached hydrogens (tertiary/aromatic N) is 2. The Morgan fingerprint density at radius 3 is 2.76 bits per heavy atom. The summed E-state index contributed by atoms with van der Waals surface area (Å²) < 4.78 is 0. The number of amides is 1. The van der Waals surface area contributed by atoms with Gasteiger partial charge in [-0.1, -0.05) is 11.6 Å². The van der Waals surface area contributed by atoms with Crippen molar-refractivity contribution in [3.8, 4) is 6.07 Å². The fourth-order valence-electron chi connectivity index (χ4n) is 1.01. The number of aromatic nitrogens is 1. The minimum Gasteiger partial charge on any atom is -0.481 e. The van der Waals surface area contributed by atoms with E-state index < -0.39 is 11.9 Å². The van der Waals surface area contributed by atoms with Gasteiger partial charge in [0.25, 0.3) is 0 Å². The Kier molecular flexibility index (Phi) is 4.43. The van der Waals surface area contributed by atoms with Crippen molar-refractivity contribution in [1.82, 2.24) is 4.98 Å². The number of nitriles is 1. The fraction of sp³-hybridized carbons (Fsp3) is 0.200. The molecule has 1 heterocycles. The Balaban J connectivity index is 2.66. The van der Waals surface area contributed by atoms with Gasteiger partial charge in [0.15, 0.2) is 5.82 Å². The first-order valence-electron chi connectivity index (χ1n) is 4.60. The molecule has 17 heavy (non-hydrogen) atoms. The number of pyridine rings is 1. The minimum absolute atomic E-state index is 0.112. The molecule has 0 bridgehead atoms. The fourth-order valence-corrected chi connectivity index (χ4v) is 1.22. The van der Waals surface area contributed by atoms with E-state index in [1.165, 1.54) is 12.3 Å². The van der Waals surface area contributed by atoms with Crippen molar-refractivity contribution in [3.63, 3.8) is 0 Å². The Morgan fingerprint density at radius 1 is 1.53 bits per heavy atom. The van der Waals surface area contributed by atoms with Crippen LogP contribution in [0.5, 0.6) is 0 Å². The summed E-state index contributed by atoms with van der Waals surface area (Å²) >= 11 is 5.77. The lowest BCUT2D eigenvalue weighted by atomic mass is 10.3. The van der Waals surface area contributed by atoms with E-state index in [9.17, 15) is 9.59 Å². The van der Waals surface area contributed by atoms with Gasteiger partial charge in [-0.2, -0.15) is 5.26 Å². The third-order valence-corrected chi connectivity index (χ3v) is 2.08. The predicted molar refractivity (Wildman–Crippen MR) is 59.5 cm³/mol. The molecule has 1 amide bonds. The number of carbonyl (C=O) groups excluding carboxylic acids is 1. The molecule has 6 nitrogen and oxygen atoms in total. The van der Waals surface area contributed by atoms with E-state index in [0.29, 0.717) is 0 Å². The number of anilines is 1. The molecule has 1 rings (SSSR count). The zero-order valence-electron chi connectivity index (χ0n) is 8.61. The van der Waals surface area contributed by atoms with Crippen LogP contribution in [0.25, 0.3) is 0 Å². The summed E-state index contributed by atoms with van der Waals surface area (Å²) in [7, 11) is 0. The van der Waals surface area contributed by atoms with Gasteiger partial charge in [0.05, 0.1) is 17.0 Å². The van der Waals surface area contributed by atoms with Crippen LogP contribution in [0, 0.1) is 11.3 Å². The highest BCUT2D eigenvalue weighted by Gasteiger charge is 2.09. The number of carboxylic acid groups (broad SMARTS) is 1. The molecular weight excluding hydrogens is 246 g/mol. The molecule has 0 saturated heterocycles. The van der Waals surface area contributed by atoms with Crippen LogP contribution in [0.1, 0.15) is 18.4 Å². The molecule has 1 aromatic heterocycles. The molecule has 2 N–H and O–H groups in total. The summed E-state index contributed by atoms with van der Waals surface area (Å²) in [6.07, 6.45) is 0.839. The number of carboxylic acids is 1. The van der Waals surface area contributed by atoms with E-state index in [0.717, 1.165) is 0 Å². The van der Waals surface area contributed by atoms with Crippen molar-refractivity contribution < 1.29 is 14.7 Å². The second kappa shape index (κ2) is 5.82. The summed E-state index contributed by atoms with van der Waals surface area (Å²) in [5.41, 5.74) is 0.276. The van der Waals surface area contributed by atoms with E-state index >= 15 is 0 Å². The van der Waals surface area contributed by atoms with E-state index in [1.54, 1.807) is 0 Å². The quantitative estimate of drug-likeness (QED) is 0.844. The van der Waals surface area contributed by atoms with Crippen LogP contribution >= 0.6 is 11.6 Å². The van der Waals surface area contributed by atoms with Gasteiger partial charge < -0.3 is 10.4 Å². The van der Waals surface area contributed by atoms with Crippen LogP contribution in [0.15, 0.2) is 12.3 Å². The van der Waals surface area contributed by atoms with Gasteiger partial charge in [-0.25, -0.2) is 4.98 Å². The topological polar surface area (TPSA) is 103 Å². The summed E-state index contributed by atoms with van der Waals surface area (Å²) in [6, 6.07) is 3.21. The van der Waals surface area contributed by atoms with Gasteiger partial charge in [0, 0.05) is 12.6 Å². The number of carbonyl (C=O) groups is 2. The highest BCUT2D eigenvalue weighted by atomic mass is 35.5. The maximum atomic E-state index is 11.3. The first kappa shape index (κ1) is 12.9. The van der Waals surface area contributed by atoms with E-state index in [-0.39, 0.29) is 29.2 Å². The molecule has 0 aromatic carbocycles. The number of hydrogen-bond donors (Lipinski definition) is 2. The molecule has 0 spiro atoms. The predicted octanol–water partition coefficient (Wildman–Crippen LogP) is 1.41. The van der Waals surface area contributed by atoms with Crippen LogP contribution < -0.4 is 5.32 Å². The molecule has 0 aliphatic rings. The molecular formula is C10H8ClN3O3. The summed E-state index contributed by atoms with van der Waals surface area (Å²) in [5.74, 6) is -1.44. The van der Waals surface area contributed by atoms with E-state index in [1.807, 2.05) is 6.07 Å². The Morgan fingerprint density at radius 2 is 2.24 bits per heavy atom. The zero-order chi connectivity index (χ0) is 12.8. The van der Waals surface area contributed by atoms with Crippen LogP contribution in [-0.4, -0.2) is 22.0 Å². The smallest absolute Gasteiger partial charge is 0.303 e. The molecule has 1 aromatic rings. The third-order valence-electron chi connectivity index (χ3n) is 1.79. The molecule has 0 unspecified atom stereocenters. The van der Waals surface area contributed by atoms with Crippen molar-refractivity contribution in [3.05, 3.63) is 22.8 Å². The molecule has 0 saturated carbocycles. The Hall–Kier alpha value is -2.13. The van der Waals surface area contributed by atoms with Gasteiger partial charge >= 0.3 is 5.97 Å². The average Bonchev–Trinajstić information content (AvgIpc) is 2.29. The van der Waals surface area contributed by atoms with Crippen molar-refractivity contribution in [2.24, 2.45) is 0 Å². The first-order valence-corrected chi connectivity index (χ1v) is 4.98. The highest BCUT2D eigenvalue weighted by Crippen LogP contribution is 2.19. The minimum atomic E-state index is -1.06. The van der Waals surface area contributed by atoms with Gasteiger partial charge in [0.1, 0.15) is 6.07 Å². The van der Waals surface area contributed by atoms with Crippen LogP contribution in [0.2, 0.25) is 5.02 Å². The standard InChI is InChI=1S/C10H8ClN3O3/c11-7-3-6(4-12)5-13-10(7)14-8(15)1-2-9(16)17/h3,5H,1-2H2,(H,16,17)(H,13,14,15). The maximum Gasteiger partial charge on any atom is 0.303 e. The van der Waals surface area contributed by atoms with Crippen LogP contribution in [0.4, 0.5) is 5.82 Å². The van der Waals surface area contributed by atoms with E-state index in [2.05, 4.69) is 10.3 Å². The summed E-state index contributed by atoms with van der Waals surface area (Å²) in [4.78, 5) is 25.3. The second-order valence-corrected chi connectivity index (χ2v) is 3.52. The molecule has 0 radical (unpaired) electrons. The number of rotatable bonds is 4. The van der Waals surface area contributed by atoms with Gasteiger partial charge in [-0.15, -0.1) is 0 Å². The largest absolute Gasteiger partial charge is 0.481 e. The Labute approximate surface area is 102 Å². The molecule has 7 heteroatoms. The molecule has 0 aliphatic carbocycles. The average molecular weight is 254 g/mol. The van der Waals surface area contributed by atoms with Crippen LogP contribution in [0.3, 0.4) is 0 Å². The first-order chi connectivity index (χ1) is 8.02. The molecule has 88 valence electrons. The third kappa shape index (κ3) is 4.09. The Bertz CT molecular complexity index is 496.